The maximum absolute atomic E-state index is 12.6. The van der Waals surface area contributed by atoms with Gasteiger partial charge in [0.25, 0.3) is 5.91 Å². The Labute approximate surface area is 161 Å². The highest BCUT2D eigenvalue weighted by molar-refractivity contribution is 7.13. The lowest BCUT2D eigenvalue weighted by Crippen LogP contribution is -2.25. The van der Waals surface area contributed by atoms with Crippen LogP contribution in [0.1, 0.15) is 50.7 Å². The number of thiazole rings is 1. The zero-order valence-corrected chi connectivity index (χ0v) is 16.7. The molecule has 0 aliphatic carbocycles. The molecule has 0 unspecified atom stereocenters. The maximum atomic E-state index is 12.6. The smallest absolute Gasteiger partial charge is 0.263 e. The van der Waals surface area contributed by atoms with E-state index in [1.807, 2.05) is 43.5 Å². The Bertz CT molecular complexity index is 855. The van der Waals surface area contributed by atoms with Gasteiger partial charge in [0.05, 0.1) is 11.7 Å². The number of hydrogen-bond acceptors (Lipinski definition) is 5. The van der Waals surface area contributed by atoms with Crippen molar-refractivity contribution in [3.63, 3.8) is 0 Å². The minimum atomic E-state index is -0.0838. The molecule has 0 saturated carbocycles. The lowest BCUT2D eigenvalue weighted by Gasteiger charge is -2.11. The van der Waals surface area contributed by atoms with Crippen molar-refractivity contribution in [2.24, 2.45) is 0 Å². The Morgan fingerprint density at radius 3 is 2.69 bits per heavy atom. The fourth-order valence-electron chi connectivity index (χ4n) is 2.56. The molecular formula is C20H22N2O2S2. The average molecular weight is 387 g/mol. The summed E-state index contributed by atoms with van der Waals surface area (Å²) in [5.74, 6) is 0.729. The van der Waals surface area contributed by atoms with Gasteiger partial charge in [0, 0.05) is 4.88 Å². The molecule has 26 heavy (non-hydrogen) atoms. The molecule has 0 radical (unpaired) electrons. The van der Waals surface area contributed by atoms with Gasteiger partial charge in [0.15, 0.2) is 0 Å². The number of ether oxygens (including phenoxy) is 1. The number of hydrogen-bond donors (Lipinski definition) is 1. The SMILES string of the molecule is CCc1ccc(OCc2nc(C)c(C(=O)N[C@@H](C)c3cccs3)s2)cc1. The zero-order valence-electron chi connectivity index (χ0n) is 15.1. The van der Waals surface area contributed by atoms with Crippen molar-refractivity contribution in [1.82, 2.24) is 10.3 Å². The number of carbonyl (C=O) groups excluding carboxylic acids is 1. The highest BCUT2D eigenvalue weighted by Crippen LogP contribution is 2.23. The van der Waals surface area contributed by atoms with Crippen molar-refractivity contribution >= 4 is 28.6 Å². The molecule has 1 atom stereocenters. The first-order chi connectivity index (χ1) is 12.6. The van der Waals surface area contributed by atoms with Crippen LogP contribution in [0.25, 0.3) is 0 Å². The third kappa shape index (κ3) is 4.51. The van der Waals surface area contributed by atoms with Gasteiger partial charge in [-0.1, -0.05) is 25.1 Å². The number of amides is 1. The fraction of sp³-hybridized carbons (Fsp3) is 0.300. The van der Waals surface area contributed by atoms with Crippen LogP contribution >= 0.6 is 22.7 Å². The van der Waals surface area contributed by atoms with E-state index in [0.717, 1.165) is 27.7 Å². The molecule has 3 rings (SSSR count). The van der Waals surface area contributed by atoms with Crippen molar-refractivity contribution in [3.8, 4) is 5.75 Å². The van der Waals surface area contributed by atoms with Gasteiger partial charge in [-0.15, -0.1) is 22.7 Å². The summed E-state index contributed by atoms with van der Waals surface area (Å²) >= 11 is 3.03. The van der Waals surface area contributed by atoms with Crippen LogP contribution in [0.2, 0.25) is 0 Å². The first-order valence-electron chi connectivity index (χ1n) is 8.59. The van der Waals surface area contributed by atoms with Gasteiger partial charge in [-0.25, -0.2) is 4.98 Å². The molecular weight excluding hydrogens is 364 g/mol. The number of thiophene rings is 1. The summed E-state index contributed by atoms with van der Waals surface area (Å²) in [6.07, 6.45) is 1.01. The Balaban J connectivity index is 1.61. The third-order valence-corrected chi connectivity index (χ3v) is 6.24. The predicted octanol–water partition coefficient (Wildman–Crippen LogP) is 5.15. The number of benzene rings is 1. The van der Waals surface area contributed by atoms with Crippen LogP contribution in [-0.2, 0) is 13.0 Å². The molecule has 4 nitrogen and oxygen atoms in total. The van der Waals surface area contributed by atoms with E-state index in [0.29, 0.717) is 11.5 Å². The predicted molar refractivity (Wildman–Crippen MR) is 107 cm³/mol. The Hall–Kier alpha value is -2.18. The number of aryl methyl sites for hydroxylation is 2. The van der Waals surface area contributed by atoms with Crippen molar-refractivity contribution in [2.75, 3.05) is 0 Å². The van der Waals surface area contributed by atoms with E-state index in [1.54, 1.807) is 11.3 Å². The summed E-state index contributed by atoms with van der Waals surface area (Å²) in [5.41, 5.74) is 2.02. The first-order valence-corrected chi connectivity index (χ1v) is 10.3. The molecule has 2 heterocycles. The quantitative estimate of drug-likeness (QED) is 0.611. The van der Waals surface area contributed by atoms with E-state index in [2.05, 4.69) is 29.4 Å². The molecule has 3 aromatic rings. The monoisotopic (exact) mass is 386 g/mol. The number of nitrogens with one attached hydrogen (secondary N) is 1. The van der Waals surface area contributed by atoms with Crippen LogP contribution in [0.5, 0.6) is 5.75 Å². The van der Waals surface area contributed by atoms with Gasteiger partial charge in [-0.05, 0) is 49.4 Å². The Kier molecular flexibility index (Phi) is 6.06. The fourth-order valence-corrected chi connectivity index (χ4v) is 4.18. The van der Waals surface area contributed by atoms with Crippen molar-refractivity contribution in [3.05, 3.63) is 67.8 Å². The van der Waals surface area contributed by atoms with E-state index in [9.17, 15) is 4.79 Å². The lowest BCUT2D eigenvalue weighted by atomic mass is 10.2. The van der Waals surface area contributed by atoms with Gasteiger partial charge in [0.1, 0.15) is 22.2 Å². The van der Waals surface area contributed by atoms with Crippen LogP contribution in [-0.4, -0.2) is 10.9 Å². The van der Waals surface area contributed by atoms with E-state index in [4.69, 9.17) is 4.74 Å². The largest absolute Gasteiger partial charge is 0.486 e. The highest BCUT2D eigenvalue weighted by atomic mass is 32.1. The molecule has 136 valence electrons. The maximum Gasteiger partial charge on any atom is 0.263 e. The lowest BCUT2D eigenvalue weighted by molar-refractivity contribution is 0.0944. The second-order valence-corrected chi connectivity index (χ2v) is 8.08. The number of aromatic nitrogens is 1. The van der Waals surface area contributed by atoms with E-state index in [1.165, 1.54) is 16.9 Å². The summed E-state index contributed by atoms with van der Waals surface area (Å²) < 4.78 is 5.80. The van der Waals surface area contributed by atoms with Crippen LogP contribution in [0.4, 0.5) is 0 Å². The summed E-state index contributed by atoms with van der Waals surface area (Å²) in [4.78, 5) is 18.8. The van der Waals surface area contributed by atoms with Crippen LogP contribution in [0.15, 0.2) is 41.8 Å². The van der Waals surface area contributed by atoms with Crippen LogP contribution < -0.4 is 10.1 Å². The van der Waals surface area contributed by atoms with Gasteiger partial charge in [-0.3, -0.25) is 4.79 Å². The molecule has 2 aromatic heterocycles. The minimum absolute atomic E-state index is 0.0132. The summed E-state index contributed by atoms with van der Waals surface area (Å²) in [7, 11) is 0. The topological polar surface area (TPSA) is 51.2 Å². The standard InChI is InChI=1S/C20H22N2O2S2/c1-4-15-7-9-16(10-8-15)24-12-18-21-14(3)19(26-18)20(23)22-13(2)17-6-5-11-25-17/h5-11,13H,4,12H2,1-3H3,(H,22,23)/t13-/m0/s1. The first kappa shape index (κ1) is 18.6. The number of nitrogens with zero attached hydrogens (tertiary/aromatic N) is 1. The van der Waals surface area contributed by atoms with Crippen molar-refractivity contribution in [2.45, 2.75) is 39.8 Å². The Morgan fingerprint density at radius 1 is 1.27 bits per heavy atom. The van der Waals surface area contributed by atoms with Gasteiger partial charge in [-0.2, -0.15) is 0 Å². The van der Waals surface area contributed by atoms with Crippen molar-refractivity contribution in [1.29, 1.82) is 0 Å². The zero-order chi connectivity index (χ0) is 18.5. The second-order valence-electron chi connectivity index (χ2n) is 6.02. The number of carbonyl (C=O) groups is 1. The van der Waals surface area contributed by atoms with Crippen LogP contribution in [0, 0.1) is 6.92 Å². The second kappa shape index (κ2) is 8.47. The minimum Gasteiger partial charge on any atom is -0.486 e. The summed E-state index contributed by atoms with van der Waals surface area (Å²) in [5, 5.41) is 5.85. The highest BCUT2D eigenvalue weighted by Gasteiger charge is 2.18. The molecule has 6 heteroatoms. The molecule has 0 fully saturated rings. The molecule has 1 N–H and O–H groups in total. The van der Waals surface area contributed by atoms with Gasteiger partial charge in [0.2, 0.25) is 0 Å². The van der Waals surface area contributed by atoms with E-state index in [-0.39, 0.29) is 11.9 Å². The Morgan fingerprint density at radius 2 is 2.04 bits per heavy atom. The normalized spacial score (nSPS) is 12.0. The van der Waals surface area contributed by atoms with E-state index < -0.39 is 0 Å². The summed E-state index contributed by atoms with van der Waals surface area (Å²) in [6, 6.07) is 12.1. The number of rotatable bonds is 7. The van der Waals surface area contributed by atoms with Gasteiger partial charge < -0.3 is 10.1 Å². The van der Waals surface area contributed by atoms with Crippen LogP contribution in [0.3, 0.4) is 0 Å². The molecule has 0 aliphatic heterocycles. The molecule has 1 amide bonds. The third-order valence-electron chi connectivity index (χ3n) is 4.06. The molecule has 1 aromatic carbocycles. The van der Waals surface area contributed by atoms with Crippen molar-refractivity contribution < 1.29 is 9.53 Å². The molecule has 0 aliphatic rings. The van der Waals surface area contributed by atoms with Gasteiger partial charge >= 0.3 is 0 Å². The average Bonchev–Trinajstić information content (AvgIpc) is 3.30. The van der Waals surface area contributed by atoms with E-state index >= 15 is 0 Å². The summed E-state index contributed by atoms with van der Waals surface area (Å²) in [6.45, 7) is 6.34. The molecule has 0 saturated heterocycles. The molecule has 0 bridgehead atoms. The molecule has 0 spiro atoms.